The molecular weight excluding hydrogens is 336 g/mol. The molecule has 0 spiro atoms. The molecule has 0 saturated carbocycles. The fourth-order valence-electron chi connectivity index (χ4n) is 1.49. The lowest BCUT2D eigenvalue weighted by Gasteiger charge is -2.15. The lowest BCUT2D eigenvalue weighted by atomic mass is 10.2. The Bertz CT molecular complexity index is 754. The molecule has 0 aliphatic rings. The van der Waals surface area contributed by atoms with Crippen LogP contribution in [0.3, 0.4) is 0 Å². The van der Waals surface area contributed by atoms with E-state index in [4.69, 9.17) is 17.0 Å². The van der Waals surface area contributed by atoms with Gasteiger partial charge in [-0.05, 0) is 12.1 Å². The number of ether oxygens (including phenoxy) is 2. The molecule has 0 radical (unpaired) electrons. The molecule has 1 rings (SSSR count). The highest BCUT2D eigenvalue weighted by Crippen LogP contribution is 2.16. The van der Waals surface area contributed by atoms with E-state index >= 15 is 0 Å². The Balaban J connectivity index is 2.92. The Morgan fingerprint density at radius 2 is 1.62 bits per heavy atom. The number of esters is 2. The van der Waals surface area contributed by atoms with Crippen LogP contribution in [0.2, 0.25) is 0 Å². The third kappa shape index (κ3) is 6.13. The lowest BCUT2D eigenvalue weighted by Crippen LogP contribution is -2.32. The Labute approximate surface area is 140 Å². The predicted octanol–water partition coefficient (Wildman–Crippen LogP) is 0.503. The molecule has 8 heteroatoms. The molecule has 0 aliphatic carbocycles. The highest BCUT2D eigenvalue weighted by molar-refractivity contribution is 7.86. The van der Waals surface area contributed by atoms with Crippen LogP contribution in [-0.2, 0) is 33.4 Å². The molecule has 0 aliphatic heterocycles. The van der Waals surface area contributed by atoms with Gasteiger partial charge < -0.3 is 9.47 Å². The van der Waals surface area contributed by atoms with Crippen molar-refractivity contribution in [1.82, 2.24) is 0 Å². The van der Waals surface area contributed by atoms with Gasteiger partial charge in [0.15, 0.2) is 19.3 Å². The molecule has 0 N–H and O–H groups in total. The van der Waals surface area contributed by atoms with Gasteiger partial charge in [0.1, 0.15) is 0 Å². The zero-order valence-electron chi connectivity index (χ0n) is 12.5. The first-order chi connectivity index (χ1) is 11.4. The SMILES string of the molecule is C#CCOC(=O)CC(OS(=O)(=O)c1ccccc1)C(=O)OCC#C. The summed E-state index contributed by atoms with van der Waals surface area (Å²) in [7, 11) is -4.30. The summed E-state index contributed by atoms with van der Waals surface area (Å²) in [5.74, 6) is 2.09. The van der Waals surface area contributed by atoms with Crippen molar-refractivity contribution in [3.05, 3.63) is 30.3 Å². The fourth-order valence-corrected chi connectivity index (χ4v) is 2.54. The summed E-state index contributed by atoms with van der Waals surface area (Å²) in [6.45, 7) is -0.722. The predicted molar refractivity (Wildman–Crippen MR) is 82.7 cm³/mol. The van der Waals surface area contributed by atoms with Crippen molar-refractivity contribution in [3.63, 3.8) is 0 Å². The second-order valence-corrected chi connectivity index (χ2v) is 5.80. The Kier molecular flexibility index (Phi) is 7.50. The second kappa shape index (κ2) is 9.36. The third-order valence-electron chi connectivity index (χ3n) is 2.50. The minimum Gasteiger partial charge on any atom is -0.452 e. The van der Waals surface area contributed by atoms with Gasteiger partial charge in [0, 0.05) is 0 Å². The molecule has 0 saturated heterocycles. The van der Waals surface area contributed by atoms with Crippen molar-refractivity contribution in [3.8, 4) is 24.7 Å². The van der Waals surface area contributed by atoms with E-state index in [1.165, 1.54) is 24.3 Å². The highest BCUT2D eigenvalue weighted by Gasteiger charge is 2.31. The number of benzene rings is 1. The molecule has 0 amide bonds. The van der Waals surface area contributed by atoms with Crippen LogP contribution in [0.15, 0.2) is 35.2 Å². The van der Waals surface area contributed by atoms with E-state index < -0.39 is 41.2 Å². The topological polar surface area (TPSA) is 96.0 Å². The van der Waals surface area contributed by atoms with Gasteiger partial charge in [0.2, 0.25) is 0 Å². The molecule has 24 heavy (non-hydrogen) atoms. The average molecular weight is 350 g/mol. The van der Waals surface area contributed by atoms with Crippen LogP contribution in [0.4, 0.5) is 0 Å². The summed E-state index contributed by atoms with van der Waals surface area (Å²) in [6.07, 6.45) is 7.47. The largest absolute Gasteiger partial charge is 0.452 e. The van der Waals surface area contributed by atoms with Crippen LogP contribution in [0.1, 0.15) is 6.42 Å². The van der Waals surface area contributed by atoms with Gasteiger partial charge in [0.25, 0.3) is 10.1 Å². The van der Waals surface area contributed by atoms with Gasteiger partial charge in [-0.25, -0.2) is 4.79 Å². The Hall–Kier alpha value is -2.81. The number of hydrogen-bond acceptors (Lipinski definition) is 7. The average Bonchev–Trinajstić information content (AvgIpc) is 2.57. The Morgan fingerprint density at radius 3 is 2.21 bits per heavy atom. The summed E-state index contributed by atoms with van der Waals surface area (Å²) in [5.41, 5.74) is 0. The second-order valence-electron chi connectivity index (χ2n) is 4.23. The number of carbonyl (C=O) groups excluding carboxylic acids is 2. The number of terminal acetylenes is 2. The van der Waals surface area contributed by atoms with Crippen LogP contribution in [0.25, 0.3) is 0 Å². The van der Waals surface area contributed by atoms with Gasteiger partial charge in [-0.15, -0.1) is 12.8 Å². The standard InChI is InChI=1S/C16H14O7S/c1-3-10-21-15(17)12-14(16(18)22-11-4-2)23-24(19,20)13-8-6-5-7-9-13/h1-2,5-9,14H,10-12H2. The molecule has 1 aromatic rings. The van der Waals surface area contributed by atoms with E-state index in [2.05, 4.69) is 15.4 Å². The summed E-state index contributed by atoms with van der Waals surface area (Å²) in [6, 6.07) is 7.10. The maximum atomic E-state index is 12.2. The van der Waals surface area contributed by atoms with E-state index in [1.807, 2.05) is 5.92 Å². The van der Waals surface area contributed by atoms with Gasteiger partial charge in [-0.3, -0.25) is 8.98 Å². The maximum absolute atomic E-state index is 12.2. The van der Waals surface area contributed by atoms with Crippen molar-refractivity contribution >= 4 is 22.1 Å². The van der Waals surface area contributed by atoms with Gasteiger partial charge in [0.05, 0.1) is 11.3 Å². The van der Waals surface area contributed by atoms with Gasteiger partial charge in [-0.2, -0.15) is 8.42 Å². The fraction of sp³-hybridized carbons (Fsp3) is 0.250. The molecule has 1 aromatic carbocycles. The summed E-state index contributed by atoms with van der Waals surface area (Å²) in [4.78, 5) is 23.3. The zero-order chi connectivity index (χ0) is 18.0. The van der Waals surface area contributed by atoms with E-state index in [9.17, 15) is 18.0 Å². The lowest BCUT2D eigenvalue weighted by molar-refractivity contribution is -0.156. The normalized spacial score (nSPS) is 11.6. The minimum absolute atomic E-state index is 0.184. The van der Waals surface area contributed by atoms with Crippen LogP contribution in [0, 0.1) is 24.7 Å². The number of carbonyl (C=O) groups is 2. The maximum Gasteiger partial charge on any atom is 0.338 e. The van der Waals surface area contributed by atoms with Crippen molar-refractivity contribution < 1.29 is 31.7 Å². The quantitative estimate of drug-likeness (QED) is 0.383. The number of rotatable bonds is 8. The van der Waals surface area contributed by atoms with E-state index in [1.54, 1.807) is 6.07 Å². The van der Waals surface area contributed by atoms with Crippen LogP contribution in [-0.4, -0.2) is 39.7 Å². The molecular formula is C16H14O7S. The number of hydrogen-bond donors (Lipinski definition) is 0. The molecule has 126 valence electrons. The first-order valence-corrected chi connectivity index (χ1v) is 7.99. The van der Waals surface area contributed by atoms with Gasteiger partial charge in [-0.1, -0.05) is 30.0 Å². The first kappa shape index (κ1) is 19.2. The molecule has 0 bridgehead atoms. The van der Waals surface area contributed by atoms with E-state index in [0.717, 1.165) is 0 Å². The van der Waals surface area contributed by atoms with Crippen molar-refractivity contribution in [1.29, 1.82) is 0 Å². The first-order valence-electron chi connectivity index (χ1n) is 6.58. The molecule has 1 unspecified atom stereocenters. The van der Waals surface area contributed by atoms with Gasteiger partial charge >= 0.3 is 11.9 Å². The van der Waals surface area contributed by atoms with E-state index in [0.29, 0.717) is 0 Å². The van der Waals surface area contributed by atoms with E-state index in [-0.39, 0.29) is 11.5 Å². The minimum atomic E-state index is -4.30. The summed E-state index contributed by atoms with van der Waals surface area (Å²) in [5, 5.41) is 0. The summed E-state index contributed by atoms with van der Waals surface area (Å²) >= 11 is 0. The molecule has 0 heterocycles. The van der Waals surface area contributed by atoms with Crippen molar-refractivity contribution in [2.24, 2.45) is 0 Å². The van der Waals surface area contributed by atoms with Crippen LogP contribution in [0.5, 0.6) is 0 Å². The van der Waals surface area contributed by atoms with Crippen molar-refractivity contribution in [2.75, 3.05) is 13.2 Å². The highest BCUT2D eigenvalue weighted by atomic mass is 32.2. The smallest absolute Gasteiger partial charge is 0.338 e. The Morgan fingerprint density at radius 1 is 1.04 bits per heavy atom. The molecule has 7 nitrogen and oxygen atoms in total. The van der Waals surface area contributed by atoms with Crippen LogP contribution >= 0.6 is 0 Å². The molecule has 0 aromatic heterocycles. The summed E-state index contributed by atoms with van der Waals surface area (Å²) < 4.78 is 38.4. The zero-order valence-corrected chi connectivity index (χ0v) is 13.3. The van der Waals surface area contributed by atoms with Crippen LogP contribution < -0.4 is 0 Å². The molecule has 0 fully saturated rings. The monoisotopic (exact) mass is 350 g/mol. The van der Waals surface area contributed by atoms with Crippen molar-refractivity contribution in [2.45, 2.75) is 17.4 Å². The molecule has 1 atom stereocenters. The third-order valence-corrected chi connectivity index (χ3v) is 3.84.